The molecule has 1 saturated heterocycles. The van der Waals surface area contributed by atoms with Crippen molar-refractivity contribution in [1.29, 1.82) is 0 Å². The number of imide groups is 2. The maximum atomic E-state index is 13.2. The number of nitrogens with zero attached hydrogens (tertiary/aromatic N) is 4. The van der Waals surface area contributed by atoms with Gasteiger partial charge in [0.05, 0.1) is 24.3 Å². The Hall–Kier alpha value is -5.45. The van der Waals surface area contributed by atoms with E-state index in [1.165, 1.54) is 12.3 Å². The number of fused-ring (bicyclic) bond motifs is 2. The highest BCUT2D eigenvalue weighted by Crippen LogP contribution is 2.26. The predicted molar refractivity (Wildman–Crippen MR) is 137 cm³/mol. The number of rotatable bonds is 6. The van der Waals surface area contributed by atoms with Crippen LogP contribution in [0.2, 0.25) is 0 Å². The average molecular weight is 537 g/mol. The Morgan fingerprint density at radius 3 is 2.35 bits per heavy atom. The summed E-state index contributed by atoms with van der Waals surface area (Å²) in [5.74, 6) is -4.65. The van der Waals surface area contributed by atoms with E-state index in [0.717, 1.165) is 10.5 Å². The zero-order valence-electron chi connectivity index (χ0n) is 20.9. The van der Waals surface area contributed by atoms with Crippen LogP contribution in [-0.2, 0) is 32.3 Å². The first-order valence-electron chi connectivity index (χ1n) is 12.4. The third-order valence-corrected chi connectivity index (χ3v) is 6.82. The molecule has 1 fully saturated rings. The van der Waals surface area contributed by atoms with Crippen molar-refractivity contribution in [3.63, 3.8) is 0 Å². The number of hydrogen-bond acceptors (Lipinski definition) is 8. The van der Waals surface area contributed by atoms with E-state index in [-0.39, 0.29) is 43.1 Å². The maximum Gasteiger partial charge on any atom is 0.404 e. The van der Waals surface area contributed by atoms with Crippen molar-refractivity contribution in [2.45, 2.75) is 25.9 Å². The number of aromatic nitrogens is 2. The monoisotopic (exact) mass is 536 g/mol. The molecule has 0 atom stereocenters. The Morgan fingerprint density at radius 2 is 1.57 bits per heavy atom. The smallest absolute Gasteiger partial charge is 0.341 e. The summed E-state index contributed by atoms with van der Waals surface area (Å²) < 4.78 is 1.69. The largest absolute Gasteiger partial charge is 0.404 e. The van der Waals surface area contributed by atoms with Gasteiger partial charge in [0.25, 0.3) is 29.4 Å². The van der Waals surface area contributed by atoms with Crippen molar-refractivity contribution in [3.05, 3.63) is 101 Å². The van der Waals surface area contributed by atoms with Crippen LogP contribution in [0.4, 0.5) is 0 Å². The average Bonchev–Trinajstić information content (AvgIpc) is 3.61. The molecule has 4 amide bonds. The Bertz CT molecular complexity index is 1760. The van der Waals surface area contributed by atoms with Crippen LogP contribution in [-0.4, -0.2) is 54.9 Å². The van der Waals surface area contributed by atoms with Crippen LogP contribution in [0.5, 0.6) is 0 Å². The molecule has 0 radical (unpaired) electrons. The predicted octanol–water partition coefficient (Wildman–Crippen LogP) is 2.67. The highest BCUT2D eigenvalue weighted by atomic mass is 16.7. The fourth-order valence-electron chi connectivity index (χ4n) is 4.87. The molecule has 11 heteroatoms. The second kappa shape index (κ2) is 9.70. The second-order valence-electron chi connectivity index (χ2n) is 9.35. The first-order chi connectivity index (χ1) is 19.3. The molecule has 11 nitrogen and oxygen atoms in total. The Kier molecular flexibility index (Phi) is 6.03. The summed E-state index contributed by atoms with van der Waals surface area (Å²) in [6.45, 7) is 0.305. The second-order valence-corrected chi connectivity index (χ2v) is 9.35. The molecule has 2 aliphatic heterocycles. The summed E-state index contributed by atoms with van der Waals surface area (Å²) in [7, 11) is 0. The van der Waals surface area contributed by atoms with Gasteiger partial charge < -0.3 is 9.40 Å². The fraction of sp³-hybridized carbons (Fsp3) is 0.138. The minimum absolute atomic E-state index is 0.0207. The number of Topliss-reactive ketones (excluding diaryl/α,β-unsaturated/α-hetero) is 1. The normalized spacial score (nSPS) is 14.7. The van der Waals surface area contributed by atoms with Crippen LogP contribution < -0.4 is 0 Å². The Morgan fingerprint density at radius 1 is 0.850 bits per heavy atom. The van der Waals surface area contributed by atoms with Crippen molar-refractivity contribution >= 4 is 46.3 Å². The van der Waals surface area contributed by atoms with E-state index in [4.69, 9.17) is 4.84 Å². The van der Waals surface area contributed by atoms with E-state index in [0.29, 0.717) is 27.2 Å². The van der Waals surface area contributed by atoms with Crippen LogP contribution in [0.1, 0.15) is 55.3 Å². The molecule has 0 saturated carbocycles. The van der Waals surface area contributed by atoms with Gasteiger partial charge in [0, 0.05) is 35.5 Å². The van der Waals surface area contributed by atoms with Crippen molar-refractivity contribution in [2.24, 2.45) is 0 Å². The third-order valence-electron chi connectivity index (χ3n) is 6.82. The van der Waals surface area contributed by atoms with E-state index >= 15 is 0 Å². The lowest BCUT2D eigenvalue weighted by Crippen LogP contribution is -2.34. The van der Waals surface area contributed by atoms with E-state index < -0.39 is 29.5 Å². The molecule has 40 heavy (non-hydrogen) atoms. The molecule has 6 rings (SSSR count). The number of pyridine rings is 1. The Balaban J connectivity index is 1.25. The highest BCUT2D eigenvalue weighted by Gasteiger charge is 2.36. The number of ketones is 1. The van der Waals surface area contributed by atoms with Gasteiger partial charge in [0.2, 0.25) is 0 Å². The molecule has 0 N–H and O–H groups in total. The molecule has 198 valence electrons. The molecule has 0 bridgehead atoms. The number of carbonyl (C=O) groups is 6. The molecule has 0 unspecified atom stereocenters. The number of para-hydroxylation sites is 1. The molecule has 4 aromatic rings. The number of hydroxylamine groups is 2. The standard InChI is InChI=1S/C29H20N4O7/c34-24-12-13-25(35)33(24)40-29(39)26(36)21-16-31(23-11-4-3-9-20(21)23)15-18-7-5-10-22(30-18)28(38)32-14-17-6-1-2-8-19(17)27(32)37/h1-11,16H,12-15H2. The molecule has 2 aliphatic rings. The van der Waals surface area contributed by atoms with E-state index in [1.54, 1.807) is 59.2 Å². The molecule has 0 spiro atoms. The molecule has 4 heterocycles. The van der Waals surface area contributed by atoms with Gasteiger partial charge >= 0.3 is 5.97 Å². The van der Waals surface area contributed by atoms with E-state index in [1.807, 2.05) is 6.07 Å². The van der Waals surface area contributed by atoms with Crippen LogP contribution >= 0.6 is 0 Å². The topological polar surface area (TPSA) is 136 Å². The zero-order chi connectivity index (χ0) is 28.0. The summed E-state index contributed by atoms with van der Waals surface area (Å²) in [6, 6.07) is 18.8. The number of amides is 4. The van der Waals surface area contributed by atoms with Crippen LogP contribution in [0.15, 0.2) is 72.9 Å². The quantitative estimate of drug-likeness (QED) is 0.208. The minimum Gasteiger partial charge on any atom is -0.341 e. The molecular weight excluding hydrogens is 516 g/mol. The third kappa shape index (κ3) is 4.23. The summed E-state index contributed by atoms with van der Waals surface area (Å²) in [4.78, 5) is 85.5. The van der Waals surface area contributed by atoms with Gasteiger partial charge in [-0.2, -0.15) is 0 Å². The first-order valence-corrected chi connectivity index (χ1v) is 12.4. The minimum atomic E-state index is -1.35. The summed E-state index contributed by atoms with van der Waals surface area (Å²) in [6.07, 6.45) is 1.28. The van der Waals surface area contributed by atoms with Crippen molar-refractivity contribution in [1.82, 2.24) is 19.5 Å². The van der Waals surface area contributed by atoms with Gasteiger partial charge in [0.1, 0.15) is 5.69 Å². The Labute approximate surface area is 226 Å². The van der Waals surface area contributed by atoms with Crippen molar-refractivity contribution < 1.29 is 33.6 Å². The lowest BCUT2D eigenvalue weighted by Gasteiger charge is -2.14. The van der Waals surface area contributed by atoms with Gasteiger partial charge in [-0.3, -0.25) is 28.9 Å². The first kappa shape index (κ1) is 24.9. The summed E-state index contributed by atoms with van der Waals surface area (Å²) in [5.41, 5.74) is 2.45. The van der Waals surface area contributed by atoms with Gasteiger partial charge in [-0.15, -0.1) is 5.06 Å². The van der Waals surface area contributed by atoms with Gasteiger partial charge in [0.15, 0.2) is 0 Å². The molecule has 2 aromatic carbocycles. The van der Waals surface area contributed by atoms with Crippen molar-refractivity contribution in [3.8, 4) is 0 Å². The van der Waals surface area contributed by atoms with Crippen LogP contribution in [0, 0.1) is 0 Å². The highest BCUT2D eigenvalue weighted by molar-refractivity contribution is 6.43. The number of hydrogen-bond donors (Lipinski definition) is 0. The molecule has 0 aliphatic carbocycles. The van der Waals surface area contributed by atoms with E-state index in [9.17, 15) is 28.8 Å². The van der Waals surface area contributed by atoms with Gasteiger partial charge in [-0.1, -0.05) is 42.5 Å². The summed E-state index contributed by atoms with van der Waals surface area (Å²) >= 11 is 0. The van der Waals surface area contributed by atoms with Gasteiger partial charge in [-0.05, 0) is 29.8 Å². The summed E-state index contributed by atoms with van der Waals surface area (Å²) in [5, 5.41) is 0.784. The number of benzene rings is 2. The molecular formula is C29H20N4O7. The van der Waals surface area contributed by atoms with Gasteiger partial charge in [-0.25, -0.2) is 9.78 Å². The fourth-order valence-corrected chi connectivity index (χ4v) is 4.87. The van der Waals surface area contributed by atoms with E-state index in [2.05, 4.69) is 4.98 Å². The zero-order valence-corrected chi connectivity index (χ0v) is 20.9. The maximum absolute atomic E-state index is 13.2. The van der Waals surface area contributed by atoms with Crippen LogP contribution in [0.3, 0.4) is 0 Å². The molecule has 2 aromatic heterocycles. The SMILES string of the molecule is O=C(ON1C(=O)CCC1=O)C(=O)c1cn(Cc2cccc(C(=O)N3Cc4ccccc4C3=O)n2)c2ccccc12. The van der Waals surface area contributed by atoms with Crippen LogP contribution in [0.25, 0.3) is 10.9 Å². The lowest BCUT2D eigenvalue weighted by molar-refractivity contribution is -0.193. The number of carbonyl (C=O) groups excluding carboxylic acids is 6. The van der Waals surface area contributed by atoms with Crippen molar-refractivity contribution in [2.75, 3.05) is 0 Å². The lowest BCUT2D eigenvalue weighted by atomic mass is 10.1.